The molecule has 0 bridgehead atoms. The largest absolute Gasteiger partial charge is 0.406 e. The van der Waals surface area contributed by atoms with E-state index >= 15 is 0 Å². The first kappa shape index (κ1) is 18.1. The van der Waals surface area contributed by atoms with Crippen LogP contribution in [-0.4, -0.2) is 43.0 Å². The van der Waals surface area contributed by atoms with Gasteiger partial charge in [0.2, 0.25) is 11.8 Å². The first-order valence-electron chi connectivity index (χ1n) is 6.65. The number of halogens is 5. The fourth-order valence-electron chi connectivity index (χ4n) is 2.45. The van der Waals surface area contributed by atoms with Gasteiger partial charge in [-0.1, -0.05) is 27.5 Å². The number of rotatable bonds is 3. The Bertz CT molecular complexity index is 639. The Kier molecular flexibility index (Phi) is 5.25. The lowest BCUT2D eigenvalue weighted by Gasteiger charge is -2.23. The third-order valence-electron chi connectivity index (χ3n) is 3.54. The minimum atomic E-state index is -4.48. The quantitative estimate of drug-likeness (QED) is 0.761. The molecule has 0 aliphatic carbocycles. The topological polar surface area (TPSA) is 40.6 Å². The number of alkyl halides is 3. The number of nitrogens with zero attached hydrogens (tertiary/aromatic N) is 2. The summed E-state index contributed by atoms with van der Waals surface area (Å²) >= 11 is 9.32. The van der Waals surface area contributed by atoms with Gasteiger partial charge in [-0.3, -0.25) is 9.59 Å². The maximum absolute atomic E-state index is 12.4. The molecule has 0 aromatic heterocycles. The molecule has 0 spiro atoms. The number of anilines is 1. The second-order valence-corrected chi connectivity index (χ2v) is 6.61. The van der Waals surface area contributed by atoms with E-state index in [9.17, 15) is 22.8 Å². The molecule has 2 amide bonds. The van der Waals surface area contributed by atoms with Crippen LogP contribution in [0.4, 0.5) is 18.9 Å². The summed E-state index contributed by atoms with van der Waals surface area (Å²) in [4.78, 5) is 26.0. The predicted molar refractivity (Wildman–Crippen MR) is 83.3 cm³/mol. The van der Waals surface area contributed by atoms with Gasteiger partial charge in [0, 0.05) is 24.5 Å². The van der Waals surface area contributed by atoms with Crippen LogP contribution < -0.4 is 4.90 Å². The van der Waals surface area contributed by atoms with Gasteiger partial charge < -0.3 is 9.80 Å². The second-order valence-electron chi connectivity index (χ2n) is 5.28. The summed E-state index contributed by atoms with van der Waals surface area (Å²) in [5, 5.41) is 0.326. The molecule has 9 heteroatoms. The van der Waals surface area contributed by atoms with Gasteiger partial charge in [-0.2, -0.15) is 13.2 Å². The number of carbonyl (C=O) groups excluding carboxylic acids is 2. The third-order valence-corrected chi connectivity index (χ3v) is 4.33. The van der Waals surface area contributed by atoms with E-state index in [0.29, 0.717) is 15.6 Å². The Morgan fingerprint density at radius 3 is 2.70 bits per heavy atom. The molecule has 1 aliphatic rings. The van der Waals surface area contributed by atoms with Crippen molar-refractivity contribution in [3.05, 3.63) is 27.7 Å². The Morgan fingerprint density at radius 1 is 1.48 bits per heavy atom. The van der Waals surface area contributed by atoms with Gasteiger partial charge in [0.05, 0.1) is 16.6 Å². The molecule has 1 saturated heterocycles. The molecular weight excluding hydrogens is 401 g/mol. The van der Waals surface area contributed by atoms with E-state index in [2.05, 4.69) is 15.9 Å². The molecule has 1 fully saturated rings. The Morgan fingerprint density at radius 2 is 2.13 bits per heavy atom. The average Bonchev–Trinajstić information content (AvgIpc) is 2.76. The van der Waals surface area contributed by atoms with Crippen LogP contribution >= 0.6 is 27.5 Å². The van der Waals surface area contributed by atoms with Crippen molar-refractivity contribution in [1.82, 2.24) is 4.90 Å². The molecule has 4 nitrogen and oxygen atoms in total. The zero-order chi connectivity index (χ0) is 17.4. The highest BCUT2D eigenvalue weighted by Crippen LogP contribution is 2.31. The lowest BCUT2D eigenvalue weighted by molar-refractivity contribution is -0.157. The minimum Gasteiger partial charge on any atom is -0.333 e. The third kappa shape index (κ3) is 4.38. The zero-order valence-corrected chi connectivity index (χ0v) is 14.4. The highest BCUT2D eigenvalue weighted by atomic mass is 79.9. The lowest BCUT2D eigenvalue weighted by Crippen LogP contribution is -2.38. The van der Waals surface area contributed by atoms with Crippen molar-refractivity contribution in [2.45, 2.75) is 12.6 Å². The van der Waals surface area contributed by atoms with E-state index in [-0.39, 0.29) is 13.0 Å². The van der Waals surface area contributed by atoms with Crippen LogP contribution in [0, 0.1) is 5.92 Å². The van der Waals surface area contributed by atoms with Crippen molar-refractivity contribution in [3.8, 4) is 0 Å². The van der Waals surface area contributed by atoms with Gasteiger partial charge in [0.1, 0.15) is 6.54 Å². The standard InChI is InChI=1S/C14H13BrClF3N2O2/c1-20(11-3-2-9(15)5-10(11)16)13(23)8-4-12(22)21(6-8)7-14(17,18)19/h2-3,5,8H,4,6-7H2,1H3. The molecular formula is C14H13BrClF3N2O2. The number of amides is 2. The Labute approximate surface area is 144 Å². The molecule has 126 valence electrons. The molecule has 23 heavy (non-hydrogen) atoms. The van der Waals surface area contributed by atoms with Gasteiger partial charge in [-0.05, 0) is 18.2 Å². The molecule has 1 aromatic carbocycles. The number of hydrogen-bond acceptors (Lipinski definition) is 2. The normalized spacial score (nSPS) is 18.4. The highest BCUT2D eigenvalue weighted by Gasteiger charge is 2.41. The van der Waals surface area contributed by atoms with Crippen molar-refractivity contribution in [1.29, 1.82) is 0 Å². The summed E-state index contributed by atoms with van der Waals surface area (Å²) in [6.45, 7) is -1.58. The summed E-state index contributed by atoms with van der Waals surface area (Å²) in [7, 11) is 1.48. The van der Waals surface area contributed by atoms with Crippen LogP contribution in [0.2, 0.25) is 5.02 Å². The molecule has 1 unspecified atom stereocenters. The van der Waals surface area contributed by atoms with Gasteiger partial charge in [0.25, 0.3) is 0 Å². The first-order valence-corrected chi connectivity index (χ1v) is 7.82. The summed E-state index contributed by atoms with van der Waals surface area (Å²) < 4.78 is 38.0. The fraction of sp³-hybridized carbons (Fsp3) is 0.429. The summed E-state index contributed by atoms with van der Waals surface area (Å²) in [6, 6.07) is 4.92. The summed E-state index contributed by atoms with van der Waals surface area (Å²) in [5.74, 6) is -1.92. The van der Waals surface area contributed by atoms with Crippen LogP contribution in [-0.2, 0) is 9.59 Å². The maximum Gasteiger partial charge on any atom is 0.406 e. The van der Waals surface area contributed by atoms with Gasteiger partial charge in [-0.15, -0.1) is 0 Å². The summed E-state index contributed by atoms with van der Waals surface area (Å²) in [5.41, 5.74) is 0.432. The van der Waals surface area contributed by atoms with Crippen molar-refractivity contribution in [2.24, 2.45) is 5.92 Å². The number of hydrogen-bond donors (Lipinski definition) is 0. The second kappa shape index (κ2) is 6.68. The van der Waals surface area contributed by atoms with Crippen LogP contribution in [0.15, 0.2) is 22.7 Å². The van der Waals surface area contributed by atoms with Crippen LogP contribution in [0.1, 0.15) is 6.42 Å². The molecule has 1 aromatic rings. The molecule has 0 radical (unpaired) electrons. The number of likely N-dealkylation sites (tertiary alicyclic amines) is 1. The van der Waals surface area contributed by atoms with E-state index in [4.69, 9.17) is 11.6 Å². The van der Waals surface area contributed by atoms with Gasteiger partial charge in [-0.25, -0.2) is 0 Å². The van der Waals surface area contributed by atoms with Gasteiger partial charge >= 0.3 is 6.18 Å². The molecule has 0 N–H and O–H groups in total. The Hall–Kier alpha value is -1.28. The molecule has 2 rings (SSSR count). The zero-order valence-electron chi connectivity index (χ0n) is 12.0. The lowest BCUT2D eigenvalue weighted by atomic mass is 10.1. The average molecular weight is 414 g/mol. The van der Waals surface area contributed by atoms with E-state index in [0.717, 1.165) is 4.47 Å². The Balaban J connectivity index is 2.10. The monoisotopic (exact) mass is 412 g/mol. The first-order chi connectivity index (χ1) is 10.6. The smallest absolute Gasteiger partial charge is 0.333 e. The van der Waals surface area contributed by atoms with Crippen molar-refractivity contribution >= 4 is 45.0 Å². The van der Waals surface area contributed by atoms with Crippen LogP contribution in [0.5, 0.6) is 0 Å². The van der Waals surface area contributed by atoms with E-state index in [1.54, 1.807) is 18.2 Å². The maximum atomic E-state index is 12.4. The van der Waals surface area contributed by atoms with Crippen LogP contribution in [0.3, 0.4) is 0 Å². The summed E-state index contributed by atoms with van der Waals surface area (Å²) in [6.07, 6.45) is -4.71. The predicted octanol–water partition coefficient (Wildman–Crippen LogP) is 3.48. The van der Waals surface area contributed by atoms with E-state index in [1.165, 1.54) is 11.9 Å². The molecule has 1 atom stereocenters. The SMILES string of the molecule is CN(C(=O)C1CC(=O)N(CC(F)(F)F)C1)c1ccc(Br)cc1Cl. The highest BCUT2D eigenvalue weighted by molar-refractivity contribution is 9.10. The van der Waals surface area contributed by atoms with Gasteiger partial charge in [0.15, 0.2) is 0 Å². The molecule has 1 aliphatic heterocycles. The van der Waals surface area contributed by atoms with Crippen molar-refractivity contribution in [3.63, 3.8) is 0 Å². The van der Waals surface area contributed by atoms with Crippen LogP contribution in [0.25, 0.3) is 0 Å². The number of carbonyl (C=O) groups is 2. The van der Waals surface area contributed by atoms with Crippen molar-refractivity contribution in [2.75, 3.05) is 25.0 Å². The number of benzene rings is 1. The minimum absolute atomic E-state index is 0.229. The molecule has 0 saturated carbocycles. The molecule has 1 heterocycles. The fourth-order valence-corrected chi connectivity index (χ4v) is 3.25. The van der Waals surface area contributed by atoms with E-state index in [1.807, 2.05) is 0 Å². The van der Waals surface area contributed by atoms with E-state index < -0.39 is 30.5 Å². The van der Waals surface area contributed by atoms with Crippen molar-refractivity contribution < 1.29 is 22.8 Å².